The number of hydrogen-bond donors (Lipinski definition) is 6. The Hall–Kier alpha value is -2.95. The van der Waals surface area contributed by atoms with Crippen LogP contribution in [-0.2, 0) is 4.74 Å². The lowest BCUT2D eigenvalue weighted by Gasteiger charge is -2.40. The first kappa shape index (κ1) is 22.3. The first-order chi connectivity index (χ1) is 15.1. The number of fused-ring (bicyclic) bond motifs is 1. The van der Waals surface area contributed by atoms with Gasteiger partial charge in [0, 0.05) is 17.2 Å². The third-order valence-corrected chi connectivity index (χ3v) is 6.08. The van der Waals surface area contributed by atoms with Crippen LogP contribution in [0.2, 0.25) is 0 Å². The van der Waals surface area contributed by atoms with Crippen LogP contribution in [0.4, 0.5) is 0 Å². The number of aliphatic hydroxyl groups excluding tert-OH is 4. The highest BCUT2D eigenvalue weighted by Gasteiger charge is 2.45. The van der Waals surface area contributed by atoms with Gasteiger partial charge in [0.15, 0.2) is 5.43 Å². The molecule has 1 saturated heterocycles. The van der Waals surface area contributed by atoms with E-state index in [1.807, 2.05) is 0 Å². The van der Waals surface area contributed by atoms with Crippen LogP contribution in [0.5, 0.6) is 11.5 Å². The van der Waals surface area contributed by atoms with Crippen LogP contribution in [0.15, 0.2) is 39.5 Å². The first-order valence-electron chi connectivity index (χ1n) is 10.1. The maximum atomic E-state index is 13.0. The molecule has 1 fully saturated rings. The molecule has 6 N–H and O–H groups in total. The quantitative estimate of drug-likeness (QED) is 0.346. The Morgan fingerprint density at radius 1 is 0.938 bits per heavy atom. The van der Waals surface area contributed by atoms with Crippen LogP contribution in [0.1, 0.15) is 22.8 Å². The fourth-order valence-corrected chi connectivity index (χ4v) is 4.10. The van der Waals surface area contributed by atoms with Gasteiger partial charge in [-0.3, -0.25) is 4.79 Å². The highest BCUT2D eigenvalue weighted by Crippen LogP contribution is 2.42. The van der Waals surface area contributed by atoms with Crippen molar-refractivity contribution in [1.29, 1.82) is 0 Å². The Kier molecular flexibility index (Phi) is 5.70. The lowest BCUT2D eigenvalue weighted by Crippen LogP contribution is -2.55. The summed E-state index contributed by atoms with van der Waals surface area (Å²) in [6.45, 7) is 2.61. The van der Waals surface area contributed by atoms with Gasteiger partial charge in [0.2, 0.25) is 0 Å². The maximum absolute atomic E-state index is 13.0. The Morgan fingerprint density at radius 3 is 2.22 bits per heavy atom. The number of phenols is 2. The molecule has 0 bridgehead atoms. The molecule has 2 heterocycles. The fourth-order valence-electron chi connectivity index (χ4n) is 4.10. The number of hydrogen-bond acceptors (Lipinski definition) is 9. The smallest absolute Gasteiger partial charge is 0.197 e. The number of aromatic hydroxyl groups is 2. The third kappa shape index (κ3) is 3.44. The molecule has 5 atom stereocenters. The third-order valence-electron chi connectivity index (χ3n) is 6.08. The highest BCUT2D eigenvalue weighted by molar-refractivity contribution is 5.90. The molecular formula is C23H24O9. The zero-order valence-corrected chi connectivity index (χ0v) is 17.4. The topological polar surface area (TPSA) is 161 Å². The summed E-state index contributed by atoms with van der Waals surface area (Å²) in [6, 6.07) is 7.16. The van der Waals surface area contributed by atoms with Gasteiger partial charge in [-0.25, -0.2) is 0 Å². The molecule has 0 unspecified atom stereocenters. The molecule has 0 spiro atoms. The second-order valence-corrected chi connectivity index (χ2v) is 7.99. The number of aliphatic hydroxyl groups is 4. The fraction of sp³-hybridized carbons (Fsp3) is 0.348. The number of ether oxygens (including phenoxy) is 1. The molecule has 0 amide bonds. The molecule has 0 aliphatic carbocycles. The minimum atomic E-state index is -1.62. The van der Waals surface area contributed by atoms with Gasteiger partial charge < -0.3 is 39.8 Å². The minimum absolute atomic E-state index is 0.0306. The molecule has 9 nitrogen and oxygen atoms in total. The van der Waals surface area contributed by atoms with E-state index in [4.69, 9.17) is 9.15 Å². The molecule has 2 aromatic carbocycles. The van der Waals surface area contributed by atoms with Gasteiger partial charge >= 0.3 is 0 Å². The molecular weight excluding hydrogens is 420 g/mol. The van der Waals surface area contributed by atoms with Crippen LogP contribution in [0.3, 0.4) is 0 Å². The molecule has 1 aromatic heterocycles. The molecule has 1 aliphatic rings. The van der Waals surface area contributed by atoms with Crippen molar-refractivity contribution >= 4 is 11.0 Å². The van der Waals surface area contributed by atoms with E-state index < -0.39 is 42.6 Å². The van der Waals surface area contributed by atoms with E-state index in [2.05, 4.69) is 0 Å². The summed E-state index contributed by atoms with van der Waals surface area (Å²) in [5, 5.41) is 60.7. The second-order valence-electron chi connectivity index (χ2n) is 7.99. The molecule has 170 valence electrons. The predicted octanol–water partition coefficient (Wildman–Crippen LogP) is 1.00. The molecule has 3 aromatic rings. The molecule has 1 aliphatic heterocycles. The lowest BCUT2D eigenvalue weighted by molar-refractivity contribution is -0.231. The van der Waals surface area contributed by atoms with E-state index in [-0.39, 0.29) is 33.8 Å². The van der Waals surface area contributed by atoms with Gasteiger partial charge in [0.1, 0.15) is 58.7 Å². The zero-order chi connectivity index (χ0) is 23.3. The Morgan fingerprint density at radius 2 is 1.59 bits per heavy atom. The molecule has 32 heavy (non-hydrogen) atoms. The maximum Gasteiger partial charge on any atom is 0.197 e. The van der Waals surface area contributed by atoms with Gasteiger partial charge in [-0.05, 0) is 49.2 Å². The minimum Gasteiger partial charge on any atom is -0.508 e. The van der Waals surface area contributed by atoms with Crippen molar-refractivity contribution in [2.75, 3.05) is 6.61 Å². The van der Waals surface area contributed by atoms with E-state index in [1.54, 1.807) is 26.0 Å². The van der Waals surface area contributed by atoms with Crippen LogP contribution in [-0.4, -0.2) is 61.7 Å². The normalized spacial score (nSPS) is 25.9. The SMILES string of the molecule is Cc1c(C)c(O)c2c(=O)cc(-c3ccc(O)cc3)oc2c1[C@@H]1O[C@@H](CO)[C@@H](O)[C@@H](O)[C@@H]1O. The molecule has 4 rings (SSSR count). The Bertz CT molecular complexity index is 1210. The van der Waals surface area contributed by atoms with Crippen molar-refractivity contribution in [3.8, 4) is 22.8 Å². The summed E-state index contributed by atoms with van der Waals surface area (Å²) in [4.78, 5) is 13.0. The average molecular weight is 444 g/mol. The van der Waals surface area contributed by atoms with E-state index in [1.165, 1.54) is 18.2 Å². The zero-order valence-electron chi connectivity index (χ0n) is 17.4. The summed E-state index contributed by atoms with van der Waals surface area (Å²) in [7, 11) is 0. The van der Waals surface area contributed by atoms with Crippen LogP contribution >= 0.6 is 0 Å². The summed E-state index contributed by atoms with van der Waals surface area (Å²) < 4.78 is 11.7. The standard InChI is InChI=1S/C23H24O9/c1-9-10(2)18(27)17-13(26)7-14(11-3-5-12(25)6-4-11)31-22(17)16(9)23-21(30)20(29)19(28)15(8-24)32-23/h3-7,15,19-21,23-25,27-30H,8H2,1-2H3/t15-,19+,20+,21-,23-/m0/s1. The summed E-state index contributed by atoms with van der Waals surface area (Å²) in [6.07, 6.45) is -7.18. The van der Waals surface area contributed by atoms with E-state index >= 15 is 0 Å². The van der Waals surface area contributed by atoms with Gasteiger partial charge in [-0.2, -0.15) is 0 Å². The van der Waals surface area contributed by atoms with Crippen molar-refractivity contribution < 1.29 is 39.8 Å². The van der Waals surface area contributed by atoms with Crippen molar-refractivity contribution in [1.82, 2.24) is 0 Å². The average Bonchev–Trinajstić information content (AvgIpc) is 2.77. The van der Waals surface area contributed by atoms with E-state index in [0.717, 1.165) is 0 Å². The number of rotatable bonds is 3. The summed E-state index contributed by atoms with van der Waals surface area (Å²) >= 11 is 0. The van der Waals surface area contributed by atoms with Crippen molar-refractivity contribution in [3.05, 3.63) is 57.2 Å². The van der Waals surface area contributed by atoms with Crippen LogP contribution in [0, 0.1) is 13.8 Å². The van der Waals surface area contributed by atoms with Gasteiger partial charge in [-0.1, -0.05) is 0 Å². The molecule has 0 radical (unpaired) electrons. The van der Waals surface area contributed by atoms with Gasteiger partial charge in [0.25, 0.3) is 0 Å². The van der Waals surface area contributed by atoms with Crippen molar-refractivity contribution in [3.63, 3.8) is 0 Å². The number of phenolic OH excluding ortho intramolecular Hbond substituents is 2. The first-order valence-corrected chi connectivity index (χ1v) is 10.1. The monoisotopic (exact) mass is 444 g/mol. The van der Waals surface area contributed by atoms with E-state index in [9.17, 15) is 35.4 Å². The van der Waals surface area contributed by atoms with Gasteiger partial charge in [0.05, 0.1) is 6.61 Å². The predicted molar refractivity (Wildman–Crippen MR) is 113 cm³/mol. The summed E-state index contributed by atoms with van der Waals surface area (Å²) in [5.41, 5.74) is 0.912. The van der Waals surface area contributed by atoms with E-state index in [0.29, 0.717) is 16.7 Å². The molecule has 9 heteroatoms. The Balaban J connectivity index is 2.01. The highest BCUT2D eigenvalue weighted by atomic mass is 16.5. The Labute approximate surface area is 182 Å². The second kappa shape index (κ2) is 8.19. The molecule has 0 saturated carbocycles. The van der Waals surface area contributed by atoms with Crippen molar-refractivity contribution in [2.45, 2.75) is 44.4 Å². The van der Waals surface area contributed by atoms with Crippen molar-refractivity contribution in [2.24, 2.45) is 0 Å². The largest absolute Gasteiger partial charge is 0.508 e. The lowest BCUT2D eigenvalue weighted by atomic mass is 9.86. The van der Waals surface area contributed by atoms with Gasteiger partial charge in [-0.15, -0.1) is 0 Å². The number of benzene rings is 2. The van der Waals surface area contributed by atoms with Crippen LogP contribution in [0.25, 0.3) is 22.3 Å². The van der Waals surface area contributed by atoms with Crippen LogP contribution < -0.4 is 5.43 Å². The summed E-state index contributed by atoms with van der Waals surface area (Å²) in [5.74, 6) is -0.101.